The fraction of sp³-hybridized carbons (Fsp3) is 0.231. The second-order valence-electron chi connectivity index (χ2n) is 7.97. The van der Waals surface area contributed by atoms with Gasteiger partial charge in [-0.25, -0.2) is 0 Å². The molecule has 35 heavy (non-hydrogen) atoms. The fourth-order valence-electron chi connectivity index (χ4n) is 3.86. The Hall–Kier alpha value is -3.69. The fourth-order valence-corrected chi connectivity index (χ4v) is 4.76. The predicted octanol–water partition coefficient (Wildman–Crippen LogP) is 4.10. The summed E-state index contributed by atoms with van der Waals surface area (Å²) in [5.41, 5.74) is 3.67. The molecule has 8 nitrogen and oxygen atoms in total. The van der Waals surface area contributed by atoms with Crippen molar-refractivity contribution in [2.24, 2.45) is 0 Å². The van der Waals surface area contributed by atoms with Crippen LogP contribution in [0.2, 0.25) is 0 Å². The molecule has 1 aliphatic rings. The molecule has 0 N–H and O–H groups in total. The molecule has 9 heteroatoms. The predicted molar refractivity (Wildman–Crippen MR) is 134 cm³/mol. The SMILES string of the molecule is COc1ccc(-n2c(SCc3ccc(C(=O)N4CCOCC4)cc3)nnc2-c2ccncc2)cc1. The lowest BCUT2D eigenvalue weighted by Crippen LogP contribution is -2.40. The molecule has 0 spiro atoms. The summed E-state index contributed by atoms with van der Waals surface area (Å²) in [6.07, 6.45) is 3.49. The van der Waals surface area contributed by atoms with E-state index >= 15 is 0 Å². The van der Waals surface area contributed by atoms with Crippen LogP contribution in [0.5, 0.6) is 5.75 Å². The number of carbonyl (C=O) groups is 1. The largest absolute Gasteiger partial charge is 0.497 e. The Morgan fingerprint density at radius 3 is 2.37 bits per heavy atom. The van der Waals surface area contributed by atoms with Gasteiger partial charge in [0.1, 0.15) is 5.75 Å². The van der Waals surface area contributed by atoms with E-state index in [0.29, 0.717) is 37.6 Å². The second-order valence-corrected chi connectivity index (χ2v) is 8.91. The number of hydrogen-bond acceptors (Lipinski definition) is 7. The van der Waals surface area contributed by atoms with E-state index in [1.54, 1.807) is 31.3 Å². The van der Waals surface area contributed by atoms with Gasteiger partial charge in [0, 0.05) is 48.1 Å². The summed E-state index contributed by atoms with van der Waals surface area (Å²) in [7, 11) is 1.65. The van der Waals surface area contributed by atoms with Crippen molar-refractivity contribution < 1.29 is 14.3 Å². The molecule has 0 saturated carbocycles. The highest BCUT2D eigenvalue weighted by Gasteiger charge is 2.19. The standard InChI is InChI=1S/C26H25N5O3S/c1-33-23-8-6-22(7-9-23)31-24(20-10-12-27-13-11-20)28-29-26(31)35-18-19-2-4-21(5-3-19)25(32)30-14-16-34-17-15-30/h2-13H,14-18H2,1H3. The number of hydrogen-bond donors (Lipinski definition) is 0. The van der Waals surface area contributed by atoms with Gasteiger partial charge in [-0.3, -0.25) is 14.3 Å². The second kappa shape index (κ2) is 10.7. The van der Waals surface area contributed by atoms with Crippen molar-refractivity contribution in [3.63, 3.8) is 0 Å². The molecule has 2 aromatic carbocycles. The quantitative estimate of drug-likeness (QED) is 0.363. The van der Waals surface area contributed by atoms with Crippen molar-refractivity contribution in [2.45, 2.75) is 10.9 Å². The smallest absolute Gasteiger partial charge is 0.254 e. The van der Waals surface area contributed by atoms with E-state index in [4.69, 9.17) is 9.47 Å². The van der Waals surface area contributed by atoms with Gasteiger partial charge in [-0.15, -0.1) is 10.2 Å². The monoisotopic (exact) mass is 487 g/mol. The summed E-state index contributed by atoms with van der Waals surface area (Å²) in [5.74, 6) is 2.27. The van der Waals surface area contributed by atoms with Gasteiger partial charge in [0.25, 0.3) is 5.91 Å². The Labute approximate surface area is 207 Å². The van der Waals surface area contributed by atoms with Crippen LogP contribution in [0.15, 0.2) is 78.2 Å². The molecule has 1 aliphatic heterocycles. The molecule has 0 radical (unpaired) electrons. The van der Waals surface area contributed by atoms with Crippen molar-refractivity contribution in [3.05, 3.63) is 84.2 Å². The minimum atomic E-state index is 0.0498. The van der Waals surface area contributed by atoms with E-state index in [1.807, 2.05) is 70.1 Å². The lowest BCUT2D eigenvalue weighted by atomic mass is 10.1. The number of benzene rings is 2. The number of thioether (sulfide) groups is 1. The number of amides is 1. The molecule has 0 atom stereocenters. The minimum Gasteiger partial charge on any atom is -0.497 e. The number of nitrogens with zero attached hydrogens (tertiary/aromatic N) is 5. The molecule has 0 aliphatic carbocycles. The molecule has 0 unspecified atom stereocenters. The Balaban J connectivity index is 1.36. The van der Waals surface area contributed by atoms with Gasteiger partial charge in [0.15, 0.2) is 11.0 Å². The minimum absolute atomic E-state index is 0.0498. The van der Waals surface area contributed by atoms with Crippen LogP contribution in [0.4, 0.5) is 0 Å². The van der Waals surface area contributed by atoms with Gasteiger partial charge < -0.3 is 14.4 Å². The zero-order chi connectivity index (χ0) is 24.0. The molecule has 1 saturated heterocycles. The van der Waals surface area contributed by atoms with Crippen LogP contribution in [0, 0.1) is 0 Å². The van der Waals surface area contributed by atoms with Crippen molar-refractivity contribution in [1.29, 1.82) is 0 Å². The molecule has 0 bridgehead atoms. The van der Waals surface area contributed by atoms with Crippen molar-refractivity contribution in [2.75, 3.05) is 33.4 Å². The first kappa shape index (κ1) is 23.1. The molecule has 4 aromatic rings. The maximum atomic E-state index is 12.7. The zero-order valence-electron chi connectivity index (χ0n) is 19.3. The van der Waals surface area contributed by atoms with Crippen LogP contribution >= 0.6 is 11.8 Å². The lowest BCUT2D eigenvalue weighted by molar-refractivity contribution is 0.0303. The van der Waals surface area contributed by atoms with Gasteiger partial charge in [-0.2, -0.15) is 0 Å². The van der Waals surface area contributed by atoms with E-state index < -0.39 is 0 Å². The maximum Gasteiger partial charge on any atom is 0.254 e. The van der Waals surface area contributed by atoms with E-state index in [1.165, 1.54) is 0 Å². The number of pyridine rings is 1. The number of rotatable bonds is 7. The van der Waals surface area contributed by atoms with Crippen LogP contribution in [0.1, 0.15) is 15.9 Å². The molecule has 2 aromatic heterocycles. The maximum absolute atomic E-state index is 12.7. The summed E-state index contributed by atoms with van der Waals surface area (Å²) in [6, 6.07) is 19.4. The lowest BCUT2D eigenvalue weighted by Gasteiger charge is -2.26. The van der Waals surface area contributed by atoms with E-state index in [9.17, 15) is 4.79 Å². The Morgan fingerprint density at radius 1 is 0.971 bits per heavy atom. The highest BCUT2D eigenvalue weighted by atomic mass is 32.2. The third-order valence-electron chi connectivity index (χ3n) is 5.77. The normalized spacial score (nSPS) is 13.6. The summed E-state index contributed by atoms with van der Waals surface area (Å²) in [5, 5.41) is 9.74. The summed E-state index contributed by atoms with van der Waals surface area (Å²) in [6.45, 7) is 2.46. The highest BCUT2D eigenvalue weighted by molar-refractivity contribution is 7.98. The van der Waals surface area contributed by atoms with Crippen molar-refractivity contribution in [1.82, 2.24) is 24.6 Å². The average Bonchev–Trinajstić information content (AvgIpc) is 3.37. The molecule has 1 fully saturated rings. The molecule has 3 heterocycles. The summed E-state index contributed by atoms with van der Waals surface area (Å²) < 4.78 is 12.7. The first-order valence-electron chi connectivity index (χ1n) is 11.3. The number of ether oxygens (including phenoxy) is 2. The highest BCUT2D eigenvalue weighted by Crippen LogP contribution is 2.30. The topological polar surface area (TPSA) is 82.4 Å². The number of carbonyl (C=O) groups excluding carboxylic acids is 1. The number of aromatic nitrogens is 4. The van der Waals surface area contributed by atoms with Crippen LogP contribution in [0.3, 0.4) is 0 Å². The molecule has 5 rings (SSSR count). The summed E-state index contributed by atoms with van der Waals surface area (Å²) >= 11 is 1.59. The van der Waals surface area contributed by atoms with Crippen LogP contribution in [0.25, 0.3) is 17.1 Å². The Kier molecular flexibility index (Phi) is 7.06. The number of methoxy groups -OCH3 is 1. The number of morpholine rings is 1. The summed E-state index contributed by atoms with van der Waals surface area (Å²) in [4.78, 5) is 18.7. The third kappa shape index (κ3) is 5.21. The zero-order valence-corrected chi connectivity index (χ0v) is 20.1. The first-order chi connectivity index (χ1) is 17.2. The van der Waals surface area contributed by atoms with Gasteiger partial charge in [0.2, 0.25) is 0 Å². The average molecular weight is 488 g/mol. The third-order valence-corrected chi connectivity index (χ3v) is 6.77. The van der Waals surface area contributed by atoms with E-state index in [2.05, 4.69) is 15.2 Å². The first-order valence-corrected chi connectivity index (χ1v) is 12.3. The van der Waals surface area contributed by atoms with Crippen molar-refractivity contribution >= 4 is 17.7 Å². The van der Waals surface area contributed by atoms with Gasteiger partial charge in [0.05, 0.1) is 20.3 Å². The van der Waals surface area contributed by atoms with Gasteiger partial charge in [-0.1, -0.05) is 23.9 Å². The molecule has 178 valence electrons. The van der Waals surface area contributed by atoms with Gasteiger partial charge >= 0.3 is 0 Å². The van der Waals surface area contributed by atoms with Gasteiger partial charge in [-0.05, 0) is 54.1 Å². The molecular weight excluding hydrogens is 462 g/mol. The van der Waals surface area contributed by atoms with E-state index in [-0.39, 0.29) is 5.91 Å². The Morgan fingerprint density at radius 2 is 1.69 bits per heavy atom. The van der Waals surface area contributed by atoms with Crippen LogP contribution < -0.4 is 4.74 Å². The Bertz CT molecular complexity index is 1270. The van der Waals surface area contributed by atoms with Crippen LogP contribution in [-0.4, -0.2) is 64.0 Å². The van der Waals surface area contributed by atoms with Crippen LogP contribution in [-0.2, 0) is 10.5 Å². The van der Waals surface area contributed by atoms with Crippen molar-refractivity contribution in [3.8, 4) is 22.8 Å². The van der Waals surface area contributed by atoms with E-state index in [0.717, 1.165) is 33.5 Å². The molecular formula is C26H25N5O3S. The molecule has 1 amide bonds.